The summed E-state index contributed by atoms with van der Waals surface area (Å²) in [5, 5.41) is 13.6. The van der Waals surface area contributed by atoms with Crippen LogP contribution in [0, 0.1) is 6.92 Å². The summed E-state index contributed by atoms with van der Waals surface area (Å²) < 4.78 is 1.90. The Morgan fingerprint density at radius 1 is 1.24 bits per heavy atom. The summed E-state index contributed by atoms with van der Waals surface area (Å²) in [7, 11) is 0. The van der Waals surface area contributed by atoms with Crippen LogP contribution in [-0.2, 0) is 17.8 Å². The van der Waals surface area contributed by atoms with Crippen molar-refractivity contribution in [1.82, 2.24) is 14.7 Å². The molecule has 25 heavy (non-hydrogen) atoms. The van der Waals surface area contributed by atoms with E-state index >= 15 is 0 Å². The highest BCUT2D eigenvalue weighted by atomic mass is 16.3. The molecule has 2 aromatic rings. The smallest absolute Gasteiger partial charge is 0.224 e. The molecule has 0 aliphatic carbocycles. The number of aromatic nitrogens is 2. The number of amides is 1. The van der Waals surface area contributed by atoms with Gasteiger partial charge < -0.3 is 10.0 Å². The molecule has 0 unspecified atom stereocenters. The molecule has 1 fully saturated rings. The van der Waals surface area contributed by atoms with E-state index in [0.29, 0.717) is 24.8 Å². The lowest BCUT2D eigenvalue weighted by Crippen LogP contribution is -2.44. The lowest BCUT2D eigenvalue weighted by molar-refractivity contribution is -0.135. The van der Waals surface area contributed by atoms with E-state index in [-0.39, 0.29) is 5.91 Å². The van der Waals surface area contributed by atoms with E-state index in [0.717, 1.165) is 37.9 Å². The molecular formula is C20H27N3O2. The molecule has 1 aliphatic rings. The van der Waals surface area contributed by atoms with Crippen LogP contribution in [0.3, 0.4) is 0 Å². The number of piperidine rings is 1. The average molecular weight is 341 g/mol. The number of nitrogens with zero attached hydrogens (tertiary/aromatic N) is 3. The van der Waals surface area contributed by atoms with Crippen LogP contribution in [0.25, 0.3) is 0 Å². The number of phenols is 1. The van der Waals surface area contributed by atoms with Crippen LogP contribution in [0.2, 0.25) is 0 Å². The number of aryl methyl sites for hydroxylation is 3. The molecule has 0 bridgehead atoms. The Morgan fingerprint density at radius 3 is 2.76 bits per heavy atom. The van der Waals surface area contributed by atoms with Crippen molar-refractivity contribution in [2.45, 2.75) is 58.0 Å². The second kappa shape index (κ2) is 8.19. The van der Waals surface area contributed by atoms with Crippen molar-refractivity contribution in [3.63, 3.8) is 0 Å². The maximum absolute atomic E-state index is 12.7. The fourth-order valence-corrected chi connectivity index (χ4v) is 3.60. The van der Waals surface area contributed by atoms with Crippen molar-refractivity contribution in [1.29, 1.82) is 0 Å². The van der Waals surface area contributed by atoms with Crippen LogP contribution >= 0.6 is 0 Å². The van der Waals surface area contributed by atoms with Gasteiger partial charge in [-0.05, 0) is 62.8 Å². The van der Waals surface area contributed by atoms with Gasteiger partial charge in [-0.15, -0.1) is 0 Å². The predicted molar refractivity (Wildman–Crippen MR) is 97.4 cm³/mol. The summed E-state index contributed by atoms with van der Waals surface area (Å²) in [4.78, 5) is 14.8. The molecule has 0 radical (unpaired) electrons. The molecule has 0 saturated carbocycles. The van der Waals surface area contributed by atoms with E-state index in [1.54, 1.807) is 18.3 Å². The molecule has 1 aromatic heterocycles. The van der Waals surface area contributed by atoms with Gasteiger partial charge in [0.2, 0.25) is 5.91 Å². The van der Waals surface area contributed by atoms with Gasteiger partial charge in [0.05, 0.1) is 0 Å². The molecule has 2 heterocycles. The first-order chi connectivity index (χ1) is 12.1. The predicted octanol–water partition coefficient (Wildman–Crippen LogP) is 3.30. The summed E-state index contributed by atoms with van der Waals surface area (Å²) in [6.45, 7) is 3.54. The van der Waals surface area contributed by atoms with E-state index in [1.807, 2.05) is 29.8 Å². The molecule has 1 saturated heterocycles. The van der Waals surface area contributed by atoms with Crippen molar-refractivity contribution >= 4 is 5.91 Å². The van der Waals surface area contributed by atoms with Crippen molar-refractivity contribution < 1.29 is 9.90 Å². The standard InChI is InChI=1S/C20H27N3O2/c1-16-11-13-21-23(16)15-12-20(25)22-14-3-2-4-18(22)8-5-17-6-9-19(24)10-7-17/h6-7,9-11,13,18,24H,2-5,8,12,14-15H2,1H3/t18-/m0/s1. The van der Waals surface area contributed by atoms with E-state index < -0.39 is 0 Å². The van der Waals surface area contributed by atoms with Gasteiger partial charge in [-0.1, -0.05) is 12.1 Å². The van der Waals surface area contributed by atoms with Crippen LogP contribution in [0.1, 0.15) is 43.4 Å². The minimum absolute atomic E-state index is 0.241. The number of likely N-dealkylation sites (tertiary alicyclic amines) is 1. The monoisotopic (exact) mass is 341 g/mol. The number of hydrogen-bond donors (Lipinski definition) is 1. The lowest BCUT2D eigenvalue weighted by Gasteiger charge is -2.36. The zero-order valence-electron chi connectivity index (χ0n) is 14.9. The highest BCUT2D eigenvalue weighted by Gasteiger charge is 2.26. The van der Waals surface area contributed by atoms with Gasteiger partial charge in [-0.2, -0.15) is 5.10 Å². The molecule has 1 amide bonds. The number of aromatic hydroxyl groups is 1. The molecule has 1 N–H and O–H groups in total. The fraction of sp³-hybridized carbons (Fsp3) is 0.500. The molecule has 0 spiro atoms. The first-order valence-electron chi connectivity index (χ1n) is 9.19. The highest BCUT2D eigenvalue weighted by Crippen LogP contribution is 2.23. The molecule has 5 nitrogen and oxygen atoms in total. The minimum Gasteiger partial charge on any atom is -0.508 e. The van der Waals surface area contributed by atoms with Crippen LogP contribution in [0.5, 0.6) is 5.75 Å². The summed E-state index contributed by atoms with van der Waals surface area (Å²) >= 11 is 0. The van der Waals surface area contributed by atoms with E-state index in [2.05, 4.69) is 10.00 Å². The normalized spacial score (nSPS) is 17.6. The molecule has 134 valence electrons. The maximum Gasteiger partial charge on any atom is 0.224 e. The van der Waals surface area contributed by atoms with Gasteiger partial charge in [-0.25, -0.2) is 0 Å². The van der Waals surface area contributed by atoms with Gasteiger partial charge in [0.15, 0.2) is 0 Å². The van der Waals surface area contributed by atoms with E-state index in [9.17, 15) is 9.90 Å². The number of phenolic OH excluding ortho intramolecular Hbond substituents is 1. The zero-order chi connectivity index (χ0) is 17.6. The van der Waals surface area contributed by atoms with Crippen LogP contribution in [0.4, 0.5) is 0 Å². The third-order valence-electron chi connectivity index (χ3n) is 5.12. The van der Waals surface area contributed by atoms with Crippen LogP contribution in [0.15, 0.2) is 36.5 Å². The average Bonchev–Trinajstić information content (AvgIpc) is 3.04. The summed E-state index contributed by atoms with van der Waals surface area (Å²) in [5.41, 5.74) is 2.30. The Hall–Kier alpha value is -2.30. The fourth-order valence-electron chi connectivity index (χ4n) is 3.60. The Labute approximate surface area is 149 Å². The van der Waals surface area contributed by atoms with Gasteiger partial charge in [0.1, 0.15) is 5.75 Å². The quantitative estimate of drug-likeness (QED) is 0.877. The molecular weight excluding hydrogens is 314 g/mol. The maximum atomic E-state index is 12.7. The Bertz CT molecular complexity index is 693. The number of benzene rings is 1. The van der Waals surface area contributed by atoms with Crippen molar-refractivity contribution in [3.05, 3.63) is 47.8 Å². The largest absolute Gasteiger partial charge is 0.508 e. The molecule has 5 heteroatoms. The summed E-state index contributed by atoms with van der Waals surface area (Å²) in [6, 6.07) is 9.67. The molecule has 1 aliphatic heterocycles. The first-order valence-corrected chi connectivity index (χ1v) is 9.19. The topological polar surface area (TPSA) is 58.4 Å². The number of hydrogen-bond acceptors (Lipinski definition) is 3. The van der Waals surface area contributed by atoms with Gasteiger partial charge >= 0.3 is 0 Å². The SMILES string of the molecule is Cc1ccnn1CCC(=O)N1CCCC[C@H]1CCc1ccc(O)cc1. The number of rotatable bonds is 6. The molecule has 1 atom stereocenters. The molecule has 1 aromatic carbocycles. The highest BCUT2D eigenvalue weighted by molar-refractivity contribution is 5.76. The Kier molecular flexibility index (Phi) is 5.74. The zero-order valence-corrected chi connectivity index (χ0v) is 14.9. The van der Waals surface area contributed by atoms with Gasteiger partial charge in [0, 0.05) is 37.4 Å². The van der Waals surface area contributed by atoms with Crippen LogP contribution in [-0.4, -0.2) is 38.3 Å². The minimum atomic E-state index is 0.241. The molecule has 3 rings (SSSR count). The lowest BCUT2D eigenvalue weighted by atomic mass is 9.95. The van der Waals surface area contributed by atoms with Gasteiger partial charge in [-0.3, -0.25) is 9.48 Å². The van der Waals surface area contributed by atoms with Crippen molar-refractivity contribution in [3.8, 4) is 5.75 Å². The summed E-state index contributed by atoms with van der Waals surface area (Å²) in [6.07, 6.45) is 7.60. The van der Waals surface area contributed by atoms with E-state index in [4.69, 9.17) is 0 Å². The first kappa shape index (κ1) is 17.5. The van der Waals surface area contributed by atoms with E-state index in [1.165, 1.54) is 12.0 Å². The van der Waals surface area contributed by atoms with Gasteiger partial charge in [0.25, 0.3) is 0 Å². The Balaban J connectivity index is 1.55. The third kappa shape index (κ3) is 4.62. The third-order valence-corrected chi connectivity index (χ3v) is 5.12. The number of carbonyl (C=O) groups excluding carboxylic acids is 1. The van der Waals surface area contributed by atoms with Crippen molar-refractivity contribution in [2.75, 3.05) is 6.54 Å². The van der Waals surface area contributed by atoms with Crippen molar-refractivity contribution in [2.24, 2.45) is 0 Å². The second-order valence-corrected chi connectivity index (χ2v) is 6.89. The second-order valence-electron chi connectivity index (χ2n) is 6.89. The summed E-state index contributed by atoms with van der Waals surface area (Å²) in [5.74, 6) is 0.539. The number of carbonyl (C=O) groups is 1. The Morgan fingerprint density at radius 2 is 2.04 bits per heavy atom. The van der Waals surface area contributed by atoms with Crippen LogP contribution < -0.4 is 0 Å².